The number of urea groups is 1. The van der Waals surface area contributed by atoms with Gasteiger partial charge in [0, 0.05) is 25.3 Å². The Morgan fingerprint density at radius 1 is 0.881 bits per heavy atom. The van der Waals surface area contributed by atoms with Crippen molar-refractivity contribution in [3.63, 3.8) is 0 Å². The number of nitrogens with zero attached hydrogens (tertiary/aromatic N) is 3. The van der Waals surface area contributed by atoms with E-state index >= 15 is 0 Å². The standard InChI is InChI=1S/C33H42FN5O3/c1-3-37(4-2)13-14-38-27-7-5-6-8-28(27)39(21-33-18-22-15-23(19-33)17-24(16-22)20-33)31(41)29(30(38)40)36-32(42)35-26-11-9-25(34)10-12-26/h5-12,22-24,29H,3-4,13-21H2,1-2H3,(H2,35,36,42). The maximum atomic E-state index is 14.4. The number of halogens is 1. The zero-order chi connectivity index (χ0) is 29.4. The number of benzene rings is 2. The average molecular weight is 576 g/mol. The van der Waals surface area contributed by atoms with E-state index in [1.165, 1.54) is 43.5 Å². The fraction of sp³-hybridized carbons (Fsp3) is 0.545. The van der Waals surface area contributed by atoms with Gasteiger partial charge in [0.2, 0.25) is 0 Å². The van der Waals surface area contributed by atoms with E-state index < -0.39 is 29.7 Å². The molecule has 5 aliphatic rings. The first-order valence-electron chi connectivity index (χ1n) is 15.5. The van der Waals surface area contributed by atoms with Crippen LogP contribution in [-0.4, -0.2) is 61.5 Å². The lowest BCUT2D eigenvalue weighted by molar-refractivity contribution is -0.129. The van der Waals surface area contributed by atoms with Crippen molar-refractivity contribution in [2.24, 2.45) is 23.2 Å². The second kappa shape index (κ2) is 11.7. The van der Waals surface area contributed by atoms with Gasteiger partial charge in [0.1, 0.15) is 5.82 Å². The summed E-state index contributed by atoms with van der Waals surface area (Å²) in [6.45, 7) is 7.46. The second-order valence-corrected chi connectivity index (χ2v) is 12.9. The minimum atomic E-state index is -1.39. The van der Waals surface area contributed by atoms with Gasteiger partial charge < -0.3 is 25.3 Å². The lowest BCUT2D eigenvalue weighted by atomic mass is 9.49. The van der Waals surface area contributed by atoms with Crippen LogP contribution in [0.5, 0.6) is 0 Å². The third-order valence-corrected chi connectivity index (χ3v) is 10.1. The zero-order valence-electron chi connectivity index (χ0n) is 24.7. The molecule has 42 heavy (non-hydrogen) atoms. The summed E-state index contributed by atoms with van der Waals surface area (Å²) in [4.78, 5) is 47.5. The number of carbonyl (C=O) groups excluding carboxylic acids is 3. The summed E-state index contributed by atoms with van der Waals surface area (Å²) < 4.78 is 13.4. The van der Waals surface area contributed by atoms with E-state index in [0.29, 0.717) is 31.0 Å². The van der Waals surface area contributed by atoms with Crippen molar-refractivity contribution in [3.05, 3.63) is 54.3 Å². The van der Waals surface area contributed by atoms with Gasteiger partial charge in [0.25, 0.3) is 11.8 Å². The largest absolute Gasteiger partial charge is 0.320 e. The van der Waals surface area contributed by atoms with Crippen LogP contribution in [0, 0.1) is 29.0 Å². The molecule has 8 nitrogen and oxygen atoms in total. The van der Waals surface area contributed by atoms with E-state index in [4.69, 9.17) is 0 Å². The monoisotopic (exact) mass is 575 g/mol. The van der Waals surface area contributed by atoms with Crippen LogP contribution in [-0.2, 0) is 9.59 Å². The minimum Gasteiger partial charge on any atom is -0.318 e. The van der Waals surface area contributed by atoms with Gasteiger partial charge in [-0.05, 0) is 111 Å². The van der Waals surface area contributed by atoms with Crippen LogP contribution in [0.1, 0.15) is 52.4 Å². The maximum absolute atomic E-state index is 14.4. The number of nitrogens with one attached hydrogen (secondary N) is 2. The van der Waals surface area contributed by atoms with Crippen molar-refractivity contribution >= 4 is 34.9 Å². The molecule has 4 amide bonds. The predicted molar refractivity (Wildman–Crippen MR) is 162 cm³/mol. The molecule has 4 saturated carbocycles. The number of hydrogen-bond acceptors (Lipinski definition) is 4. The molecule has 2 N–H and O–H groups in total. The van der Waals surface area contributed by atoms with Gasteiger partial charge >= 0.3 is 6.03 Å². The first-order chi connectivity index (χ1) is 20.3. The summed E-state index contributed by atoms with van der Waals surface area (Å²) in [5.74, 6) is 0.894. The van der Waals surface area contributed by atoms with E-state index in [-0.39, 0.29) is 5.41 Å². The zero-order valence-corrected chi connectivity index (χ0v) is 24.7. The Morgan fingerprint density at radius 3 is 2.00 bits per heavy atom. The Morgan fingerprint density at radius 2 is 1.43 bits per heavy atom. The molecule has 0 aromatic heterocycles. The van der Waals surface area contributed by atoms with E-state index in [9.17, 15) is 18.8 Å². The molecule has 224 valence electrons. The van der Waals surface area contributed by atoms with Gasteiger partial charge in [0.15, 0.2) is 6.04 Å². The van der Waals surface area contributed by atoms with Crippen LogP contribution in [0.15, 0.2) is 48.5 Å². The summed E-state index contributed by atoms with van der Waals surface area (Å²) in [5, 5.41) is 5.36. The van der Waals surface area contributed by atoms with Crippen molar-refractivity contribution in [3.8, 4) is 0 Å². The number of fused-ring (bicyclic) bond motifs is 1. The number of rotatable bonds is 9. The first kappa shape index (κ1) is 28.6. The summed E-state index contributed by atoms with van der Waals surface area (Å²) >= 11 is 0. The van der Waals surface area contributed by atoms with Crippen molar-refractivity contribution in [1.82, 2.24) is 10.2 Å². The van der Waals surface area contributed by atoms with Crippen LogP contribution in [0.4, 0.5) is 26.2 Å². The molecular weight excluding hydrogens is 533 g/mol. The average Bonchev–Trinajstić information content (AvgIpc) is 3.04. The molecule has 7 rings (SSSR count). The van der Waals surface area contributed by atoms with Crippen molar-refractivity contribution in [2.45, 2.75) is 58.4 Å². The normalized spacial score (nSPS) is 28.2. The molecule has 0 saturated heterocycles. The molecule has 0 radical (unpaired) electrons. The predicted octanol–water partition coefficient (Wildman–Crippen LogP) is 5.25. The van der Waals surface area contributed by atoms with Gasteiger partial charge in [-0.1, -0.05) is 26.0 Å². The summed E-state index contributed by atoms with van der Waals surface area (Å²) in [6.07, 6.45) is 7.26. The molecule has 1 aliphatic heterocycles. The third kappa shape index (κ3) is 5.63. The molecule has 1 unspecified atom stereocenters. The third-order valence-electron chi connectivity index (χ3n) is 10.1. The lowest BCUT2D eigenvalue weighted by Crippen LogP contribution is -2.59. The minimum absolute atomic E-state index is 0.0396. The van der Waals surface area contributed by atoms with Crippen LogP contribution >= 0.6 is 0 Å². The van der Waals surface area contributed by atoms with Crippen molar-refractivity contribution < 1.29 is 18.8 Å². The number of carbonyl (C=O) groups is 3. The molecule has 4 bridgehead atoms. The molecule has 1 heterocycles. The molecule has 0 spiro atoms. The SMILES string of the molecule is CCN(CC)CCN1C(=O)C(NC(=O)Nc2ccc(F)cc2)C(=O)N(CC23CC4CC(CC(C4)C2)C3)c2ccccc21. The van der Waals surface area contributed by atoms with Gasteiger partial charge in [-0.25, -0.2) is 9.18 Å². The smallest absolute Gasteiger partial charge is 0.318 e. The second-order valence-electron chi connectivity index (χ2n) is 12.9. The van der Waals surface area contributed by atoms with Gasteiger partial charge in [-0.15, -0.1) is 0 Å². The highest BCUT2D eigenvalue weighted by atomic mass is 19.1. The summed E-state index contributed by atoms with van der Waals surface area (Å²) in [6, 6.07) is 11.0. The Labute approximate surface area is 247 Å². The molecule has 2 aromatic rings. The number of para-hydroxylation sites is 2. The molecule has 9 heteroatoms. The first-order valence-corrected chi connectivity index (χ1v) is 15.5. The Bertz CT molecular complexity index is 1290. The van der Waals surface area contributed by atoms with Crippen LogP contribution < -0.4 is 20.4 Å². The van der Waals surface area contributed by atoms with Gasteiger partial charge in [-0.2, -0.15) is 0 Å². The van der Waals surface area contributed by atoms with E-state index in [1.54, 1.807) is 9.80 Å². The van der Waals surface area contributed by atoms with E-state index in [0.717, 1.165) is 55.8 Å². The van der Waals surface area contributed by atoms with Crippen LogP contribution in [0.2, 0.25) is 0 Å². The number of amides is 4. The van der Waals surface area contributed by atoms with E-state index in [1.807, 2.05) is 24.3 Å². The molecule has 4 aliphatic carbocycles. The molecule has 2 aromatic carbocycles. The highest BCUT2D eigenvalue weighted by Gasteiger charge is 2.53. The maximum Gasteiger partial charge on any atom is 0.320 e. The summed E-state index contributed by atoms with van der Waals surface area (Å²) in [5.41, 5.74) is 1.85. The van der Waals surface area contributed by atoms with Crippen molar-refractivity contribution in [2.75, 3.05) is 47.8 Å². The van der Waals surface area contributed by atoms with Crippen LogP contribution in [0.3, 0.4) is 0 Å². The van der Waals surface area contributed by atoms with Crippen molar-refractivity contribution in [1.29, 1.82) is 0 Å². The van der Waals surface area contributed by atoms with Crippen LogP contribution in [0.25, 0.3) is 0 Å². The highest BCUT2D eigenvalue weighted by molar-refractivity contribution is 6.21. The number of hydrogen-bond donors (Lipinski definition) is 2. The molecule has 1 atom stereocenters. The number of anilines is 3. The molecular formula is C33H42FN5O3. The molecule has 4 fully saturated rings. The topological polar surface area (TPSA) is 85.0 Å². The lowest BCUT2D eigenvalue weighted by Gasteiger charge is -2.57. The fourth-order valence-corrected chi connectivity index (χ4v) is 8.52. The highest BCUT2D eigenvalue weighted by Crippen LogP contribution is 2.60. The van der Waals surface area contributed by atoms with Gasteiger partial charge in [0.05, 0.1) is 11.4 Å². The Hall–Kier alpha value is -3.46. The Balaban J connectivity index is 1.33. The van der Waals surface area contributed by atoms with Gasteiger partial charge in [-0.3, -0.25) is 9.59 Å². The summed E-state index contributed by atoms with van der Waals surface area (Å²) in [7, 11) is 0. The quantitative estimate of drug-likeness (QED) is 0.400. The fourth-order valence-electron chi connectivity index (χ4n) is 8.52. The van der Waals surface area contributed by atoms with E-state index in [2.05, 4.69) is 29.4 Å². The Kier molecular flexibility index (Phi) is 7.96. The number of likely N-dealkylation sites (N-methyl/N-ethyl adjacent to an activating group) is 1.